The predicted molar refractivity (Wildman–Crippen MR) is 213 cm³/mol. The lowest BCUT2D eigenvalue weighted by molar-refractivity contribution is 0.660. The highest BCUT2D eigenvalue weighted by Gasteiger charge is 2.35. The minimum Gasteiger partial charge on any atom is -0.309 e. The van der Waals surface area contributed by atoms with Gasteiger partial charge in [-0.05, 0) is 69.8 Å². The Labute approximate surface area is 302 Å². The average molecular weight is 667 g/mol. The molecule has 7 aromatic carbocycles. The minimum absolute atomic E-state index is 0.0808. The van der Waals surface area contributed by atoms with Gasteiger partial charge < -0.3 is 4.57 Å². The van der Waals surface area contributed by atoms with E-state index >= 15 is 0 Å². The average Bonchev–Trinajstić information content (AvgIpc) is 3.66. The minimum atomic E-state index is -0.0808. The summed E-state index contributed by atoms with van der Waals surface area (Å²) < 4.78 is 2.40. The highest BCUT2D eigenvalue weighted by Crippen LogP contribution is 2.49. The third kappa shape index (κ3) is 4.79. The summed E-state index contributed by atoms with van der Waals surface area (Å²) in [5.74, 6) is 1.94. The second kappa shape index (κ2) is 11.7. The highest BCUT2D eigenvalue weighted by atomic mass is 15.0. The van der Waals surface area contributed by atoms with E-state index < -0.39 is 0 Å². The molecule has 10 rings (SSSR count). The van der Waals surface area contributed by atoms with Crippen LogP contribution in [-0.2, 0) is 5.41 Å². The van der Waals surface area contributed by atoms with Gasteiger partial charge in [0.05, 0.1) is 11.0 Å². The molecule has 246 valence electrons. The Morgan fingerprint density at radius 3 is 1.65 bits per heavy atom. The van der Waals surface area contributed by atoms with Crippen molar-refractivity contribution in [3.05, 3.63) is 181 Å². The molecule has 1 aliphatic carbocycles. The Hall–Kier alpha value is -6.65. The number of hydrogen-bond donors (Lipinski definition) is 0. The van der Waals surface area contributed by atoms with Crippen molar-refractivity contribution in [3.8, 4) is 62.1 Å². The van der Waals surface area contributed by atoms with E-state index in [-0.39, 0.29) is 5.41 Å². The fourth-order valence-corrected chi connectivity index (χ4v) is 8.01. The molecule has 2 heterocycles. The number of benzene rings is 7. The molecular weight excluding hydrogens is 633 g/mol. The van der Waals surface area contributed by atoms with Crippen LogP contribution in [0.15, 0.2) is 170 Å². The first-order chi connectivity index (χ1) is 25.5. The van der Waals surface area contributed by atoms with Gasteiger partial charge in [-0.3, -0.25) is 0 Å². The maximum atomic E-state index is 5.10. The maximum Gasteiger partial charge on any atom is 0.164 e. The molecule has 0 saturated carbocycles. The molecule has 0 fully saturated rings. The molecule has 0 N–H and O–H groups in total. The molecule has 0 spiro atoms. The second-order valence-corrected chi connectivity index (χ2v) is 14.1. The normalized spacial score (nSPS) is 13.0. The van der Waals surface area contributed by atoms with Crippen LogP contribution in [0.4, 0.5) is 0 Å². The number of nitrogens with zero attached hydrogens (tertiary/aromatic N) is 4. The summed E-state index contributed by atoms with van der Waals surface area (Å²) >= 11 is 0. The highest BCUT2D eigenvalue weighted by molar-refractivity contribution is 6.10. The quantitative estimate of drug-likeness (QED) is 0.184. The van der Waals surface area contributed by atoms with Crippen LogP contribution in [0.1, 0.15) is 25.0 Å². The first kappa shape index (κ1) is 30.2. The lowest BCUT2D eigenvalue weighted by Crippen LogP contribution is -2.15. The molecule has 0 atom stereocenters. The van der Waals surface area contributed by atoms with E-state index in [0.717, 1.165) is 38.8 Å². The largest absolute Gasteiger partial charge is 0.309 e. The van der Waals surface area contributed by atoms with Crippen molar-refractivity contribution in [1.29, 1.82) is 0 Å². The molecule has 0 unspecified atom stereocenters. The van der Waals surface area contributed by atoms with E-state index in [2.05, 4.69) is 164 Å². The van der Waals surface area contributed by atoms with Crippen molar-refractivity contribution in [2.45, 2.75) is 19.3 Å². The fraction of sp³-hybridized carbons (Fsp3) is 0.0625. The van der Waals surface area contributed by atoms with E-state index in [9.17, 15) is 0 Å². The van der Waals surface area contributed by atoms with Crippen LogP contribution < -0.4 is 0 Å². The van der Waals surface area contributed by atoms with Gasteiger partial charge >= 0.3 is 0 Å². The van der Waals surface area contributed by atoms with E-state index in [4.69, 9.17) is 15.0 Å². The molecule has 0 saturated heterocycles. The summed E-state index contributed by atoms with van der Waals surface area (Å²) in [5, 5.41) is 2.35. The Morgan fingerprint density at radius 2 is 0.904 bits per heavy atom. The Bertz CT molecular complexity index is 2800. The van der Waals surface area contributed by atoms with Crippen molar-refractivity contribution in [2.24, 2.45) is 0 Å². The zero-order valence-corrected chi connectivity index (χ0v) is 29.0. The molecular formula is C48H34N4. The Kier molecular flexibility index (Phi) is 6.80. The molecule has 1 aliphatic rings. The van der Waals surface area contributed by atoms with Crippen LogP contribution in [0.2, 0.25) is 0 Å². The van der Waals surface area contributed by atoms with E-state index in [0.29, 0.717) is 17.5 Å². The van der Waals surface area contributed by atoms with Crippen LogP contribution >= 0.6 is 0 Å². The van der Waals surface area contributed by atoms with Gasteiger partial charge in [-0.1, -0.05) is 147 Å². The fourth-order valence-electron chi connectivity index (χ4n) is 8.01. The third-order valence-electron chi connectivity index (χ3n) is 10.7. The van der Waals surface area contributed by atoms with Gasteiger partial charge in [0.15, 0.2) is 17.5 Å². The summed E-state index contributed by atoms with van der Waals surface area (Å²) in [4.78, 5) is 15.1. The summed E-state index contributed by atoms with van der Waals surface area (Å²) in [7, 11) is 0. The van der Waals surface area contributed by atoms with Crippen LogP contribution in [-0.4, -0.2) is 19.5 Å². The number of hydrogen-bond acceptors (Lipinski definition) is 3. The van der Waals surface area contributed by atoms with Crippen LogP contribution in [0, 0.1) is 0 Å². The predicted octanol–water partition coefficient (Wildman–Crippen LogP) is 11.9. The van der Waals surface area contributed by atoms with Gasteiger partial charge in [-0.15, -0.1) is 0 Å². The molecule has 4 heteroatoms. The third-order valence-corrected chi connectivity index (χ3v) is 10.7. The molecule has 4 nitrogen and oxygen atoms in total. The molecule has 0 aliphatic heterocycles. The molecule has 9 aromatic rings. The van der Waals surface area contributed by atoms with Gasteiger partial charge in [0.1, 0.15) is 0 Å². The topological polar surface area (TPSA) is 43.6 Å². The molecule has 0 bridgehead atoms. The van der Waals surface area contributed by atoms with E-state index in [1.54, 1.807) is 0 Å². The smallest absolute Gasteiger partial charge is 0.164 e. The Morgan fingerprint density at radius 1 is 0.385 bits per heavy atom. The number of fused-ring (bicyclic) bond motifs is 6. The van der Waals surface area contributed by atoms with Gasteiger partial charge in [0.2, 0.25) is 0 Å². The summed E-state index contributed by atoms with van der Waals surface area (Å²) in [6.45, 7) is 4.67. The zero-order valence-electron chi connectivity index (χ0n) is 29.0. The van der Waals surface area contributed by atoms with Crippen LogP contribution in [0.25, 0.3) is 83.9 Å². The van der Waals surface area contributed by atoms with Crippen molar-refractivity contribution in [1.82, 2.24) is 19.5 Å². The van der Waals surface area contributed by atoms with Gasteiger partial charge in [-0.25, -0.2) is 15.0 Å². The number of para-hydroxylation sites is 1. The molecule has 52 heavy (non-hydrogen) atoms. The van der Waals surface area contributed by atoms with Crippen molar-refractivity contribution in [3.63, 3.8) is 0 Å². The number of aromatic nitrogens is 4. The SMILES string of the molecule is CC1(C)c2ccccc2-c2ccc(-n3c4ccccc4c4cc(-c5nc(-c6ccccc6)nc(-c6ccc(-c7ccccc7)cc6)n5)ccc43)cc21. The van der Waals surface area contributed by atoms with Crippen molar-refractivity contribution < 1.29 is 0 Å². The van der Waals surface area contributed by atoms with E-state index in [1.807, 2.05) is 24.3 Å². The first-order valence-electron chi connectivity index (χ1n) is 17.8. The zero-order chi connectivity index (χ0) is 34.8. The van der Waals surface area contributed by atoms with E-state index in [1.165, 1.54) is 38.7 Å². The molecule has 0 radical (unpaired) electrons. The van der Waals surface area contributed by atoms with Crippen molar-refractivity contribution >= 4 is 21.8 Å². The first-order valence-corrected chi connectivity index (χ1v) is 17.8. The van der Waals surface area contributed by atoms with Gasteiger partial charge in [0.25, 0.3) is 0 Å². The molecule has 0 amide bonds. The number of rotatable bonds is 5. The van der Waals surface area contributed by atoms with Crippen LogP contribution in [0.5, 0.6) is 0 Å². The lowest BCUT2D eigenvalue weighted by Gasteiger charge is -2.22. The maximum absolute atomic E-state index is 5.10. The second-order valence-electron chi connectivity index (χ2n) is 14.1. The lowest BCUT2D eigenvalue weighted by atomic mass is 9.82. The Balaban J connectivity index is 1.12. The summed E-state index contributed by atoms with van der Waals surface area (Å²) in [5.41, 5.74) is 14.0. The van der Waals surface area contributed by atoms with Gasteiger partial charge in [0, 0.05) is 38.6 Å². The molecule has 2 aromatic heterocycles. The van der Waals surface area contributed by atoms with Gasteiger partial charge in [-0.2, -0.15) is 0 Å². The summed E-state index contributed by atoms with van der Waals surface area (Å²) in [6.07, 6.45) is 0. The summed E-state index contributed by atoms with van der Waals surface area (Å²) in [6, 6.07) is 60.1. The van der Waals surface area contributed by atoms with Crippen molar-refractivity contribution in [2.75, 3.05) is 0 Å². The van der Waals surface area contributed by atoms with Crippen LogP contribution in [0.3, 0.4) is 0 Å². The monoisotopic (exact) mass is 666 g/mol. The standard InChI is InChI=1S/C48H34N4/c1-48(2)41-19-11-9-17-37(41)38-27-26-36(30-42(38)48)52-43-20-12-10-18-39(43)40-29-35(25-28-44(40)52)47-50-45(33-15-7-4-8-16-33)49-46(51-47)34-23-21-32(22-24-34)31-13-5-3-6-14-31/h3-30H,1-2H3.